The summed E-state index contributed by atoms with van der Waals surface area (Å²) >= 11 is 0. The Morgan fingerprint density at radius 2 is 2.33 bits per heavy atom. The van der Waals surface area contributed by atoms with E-state index in [9.17, 15) is 4.79 Å². The summed E-state index contributed by atoms with van der Waals surface area (Å²) < 4.78 is 7.43. The van der Waals surface area contributed by atoms with Crippen molar-refractivity contribution in [3.8, 4) is 0 Å². The lowest BCUT2D eigenvalue weighted by atomic mass is 10.3. The van der Waals surface area contributed by atoms with E-state index in [0.717, 1.165) is 12.4 Å². The highest BCUT2D eigenvalue weighted by Crippen LogP contribution is 2.15. The quantitative estimate of drug-likeness (QED) is 0.841. The number of hydrogen-bond donors (Lipinski definition) is 1. The Morgan fingerprint density at radius 3 is 3.11 bits per heavy atom. The predicted molar refractivity (Wildman–Crippen MR) is 63.6 cm³/mol. The van der Waals surface area contributed by atoms with Crippen molar-refractivity contribution in [1.82, 2.24) is 14.5 Å². The molecule has 2 aromatic heterocycles. The van der Waals surface area contributed by atoms with Crippen molar-refractivity contribution >= 4 is 5.91 Å². The molecule has 1 amide bonds. The van der Waals surface area contributed by atoms with E-state index in [1.807, 2.05) is 6.20 Å². The smallest absolute Gasteiger partial charge is 0.290 e. The lowest BCUT2D eigenvalue weighted by molar-refractivity contribution is 0.0673. The van der Waals surface area contributed by atoms with Crippen LogP contribution in [0.25, 0.3) is 0 Å². The van der Waals surface area contributed by atoms with Crippen molar-refractivity contribution < 1.29 is 9.21 Å². The summed E-state index contributed by atoms with van der Waals surface area (Å²) in [5, 5.41) is 0. The average Bonchev–Trinajstić information content (AvgIpc) is 3.05. The van der Waals surface area contributed by atoms with Crippen molar-refractivity contribution in [2.24, 2.45) is 5.73 Å². The molecule has 1 aliphatic rings. The summed E-state index contributed by atoms with van der Waals surface area (Å²) in [4.78, 5) is 18.2. The maximum atomic E-state index is 12.2. The normalized spacial score (nSPS) is 14.6. The number of amides is 1. The minimum absolute atomic E-state index is 0.107. The molecular formula is C12H14N4O2. The van der Waals surface area contributed by atoms with Gasteiger partial charge in [-0.15, -0.1) is 0 Å². The predicted octanol–water partition coefficient (Wildman–Crippen LogP) is 0.591. The maximum Gasteiger partial charge on any atom is 0.290 e. The Balaban J connectivity index is 1.78. The molecule has 0 spiro atoms. The molecule has 3 rings (SSSR count). The van der Waals surface area contributed by atoms with Crippen LogP contribution in [0.4, 0.5) is 0 Å². The molecule has 2 N–H and O–H groups in total. The number of carbonyl (C=O) groups is 1. The summed E-state index contributed by atoms with van der Waals surface area (Å²) in [5.74, 6) is 1.76. The number of furan rings is 1. The summed E-state index contributed by atoms with van der Waals surface area (Å²) in [6, 6.07) is 3.41. The average molecular weight is 246 g/mol. The Morgan fingerprint density at radius 1 is 1.44 bits per heavy atom. The van der Waals surface area contributed by atoms with Gasteiger partial charge in [0.25, 0.3) is 5.91 Å². The molecule has 1 aliphatic heterocycles. The SMILES string of the molecule is NCc1ccc(C(=O)N2CCn3ccnc3C2)o1. The van der Waals surface area contributed by atoms with Gasteiger partial charge in [-0.05, 0) is 12.1 Å². The van der Waals surface area contributed by atoms with Crippen LogP contribution >= 0.6 is 0 Å². The Hall–Kier alpha value is -2.08. The van der Waals surface area contributed by atoms with Crippen LogP contribution in [0, 0.1) is 0 Å². The highest BCUT2D eigenvalue weighted by atomic mass is 16.4. The fourth-order valence-electron chi connectivity index (χ4n) is 2.11. The molecule has 0 radical (unpaired) electrons. The van der Waals surface area contributed by atoms with Crippen molar-refractivity contribution in [2.45, 2.75) is 19.6 Å². The van der Waals surface area contributed by atoms with Crippen molar-refractivity contribution in [2.75, 3.05) is 6.54 Å². The molecule has 0 unspecified atom stereocenters. The first-order chi connectivity index (χ1) is 8.78. The molecule has 0 aromatic carbocycles. The highest BCUT2D eigenvalue weighted by Gasteiger charge is 2.24. The second kappa shape index (κ2) is 4.30. The minimum Gasteiger partial charge on any atom is -0.455 e. The molecule has 6 heteroatoms. The zero-order valence-corrected chi connectivity index (χ0v) is 9.87. The summed E-state index contributed by atoms with van der Waals surface area (Å²) in [7, 11) is 0. The van der Waals surface area contributed by atoms with Gasteiger partial charge in [-0.2, -0.15) is 0 Å². The fourth-order valence-corrected chi connectivity index (χ4v) is 2.11. The third-order valence-electron chi connectivity index (χ3n) is 3.11. The Kier molecular flexibility index (Phi) is 2.64. The summed E-state index contributed by atoms with van der Waals surface area (Å²) in [6.07, 6.45) is 3.68. The van der Waals surface area contributed by atoms with E-state index in [2.05, 4.69) is 9.55 Å². The van der Waals surface area contributed by atoms with Gasteiger partial charge in [0.05, 0.1) is 13.1 Å². The van der Waals surface area contributed by atoms with Gasteiger partial charge in [0.2, 0.25) is 0 Å². The number of aromatic nitrogens is 2. The zero-order chi connectivity index (χ0) is 12.5. The largest absolute Gasteiger partial charge is 0.455 e. The Labute approximate surface area is 104 Å². The second-order valence-electron chi connectivity index (χ2n) is 4.23. The van der Waals surface area contributed by atoms with E-state index < -0.39 is 0 Å². The third-order valence-corrected chi connectivity index (χ3v) is 3.11. The van der Waals surface area contributed by atoms with E-state index in [0.29, 0.717) is 31.2 Å². The van der Waals surface area contributed by atoms with Crippen molar-refractivity contribution in [3.05, 3.63) is 41.9 Å². The van der Waals surface area contributed by atoms with E-state index in [-0.39, 0.29) is 5.91 Å². The number of nitrogens with zero attached hydrogens (tertiary/aromatic N) is 3. The molecule has 94 valence electrons. The Bertz CT molecular complexity index is 572. The second-order valence-corrected chi connectivity index (χ2v) is 4.23. The van der Waals surface area contributed by atoms with Crippen LogP contribution in [0.3, 0.4) is 0 Å². The molecule has 18 heavy (non-hydrogen) atoms. The number of nitrogens with two attached hydrogens (primary N) is 1. The van der Waals surface area contributed by atoms with Gasteiger partial charge in [-0.25, -0.2) is 4.98 Å². The van der Waals surface area contributed by atoms with Gasteiger partial charge in [-0.1, -0.05) is 0 Å². The van der Waals surface area contributed by atoms with Crippen LogP contribution in [0.15, 0.2) is 28.9 Å². The van der Waals surface area contributed by atoms with Gasteiger partial charge in [0, 0.05) is 25.5 Å². The monoisotopic (exact) mass is 246 g/mol. The number of fused-ring (bicyclic) bond motifs is 1. The van der Waals surface area contributed by atoms with Gasteiger partial charge in [0.15, 0.2) is 5.76 Å². The minimum atomic E-state index is -0.107. The molecular weight excluding hydrogens is 232 g/mol. The molecule has 6 nitrogen and oxygen atoms in total. The fraction of sp³-hybridized carbons (Fsp3) is 0.333. The topological polar surface area (TPSA) is 77.3 Å². The maximum absolute atomic E-state index is 12.2. The van der Waals surface area contributed by atoms with E-state index in [1.165, 1.54) is 0 Å². The first-order valence-electron chi connectivity index (χ1n) is 5.86. The number of imidazole rings is 1. The molecule has 0 aliphatic carbocycles. The molecule has 0 fully saturated rings. The van der Waals surface area contributed by atoms with Gasteiger partial charge in [0.1, 0.15) is 11.6 Å². The highest BCUT2D eigenvalue weighted by molar-refractivity contribution is 5.91. The van der Waals surface area contributed by atoms with Crippen LogP contribution < -0.4 is 5.73 Å². The lowest BCUT2D eigenvalue weighted by Gasteiger charge is -2.26. The lowest BCUT2D eigenvalue weighted by Crippen LogP contribution is -2.38. The number of hydrogen-bond acceptors (Lipinski definition) is 4. The third kappa shape index (κ3) is 1.80. The van der Waals surface area contributed by atoms with Crippen LogP contribution in [-0.4, -0.2) is 26.9 Å². The molecule has 2 aromatic rings. The molecule has 0 saturated carbocycles. The number of carbonyl (C=O) groups excluding carboxylic acids is 1. The molecule has 0 atom stereocenters. The number of rotatable bonds is 2. The summed E-state index contributed by atoms with van der Waals surface area (Å²) in [6.45, 7) is 2.26. The standard InChI is InChI=1S/C12H14N4O2/c13-7-9-1-2-10(18-9)12(17)16-6-5-15-4-3-14-11(15)8-16/h1-4H,5-8,13H2. The summed E-state index contributed by atoms with van der Waals surface area (Å²) in [5.41, 5.74) is 5.46. The first-order valence-corrected chi connectivity index (χ1v) is 5.86. The van der Waals surface area contributed by atoms with Gasteiger partial charge in [-0.3, -0.25) is 4.79 Å². The molecule has 3 heterocycles. The van der Waals surface area contributed by atoms with Crippen molar-refractivity contribution in [1.29, 1.82) is 0 Å². The van der Waals surface area contributed by atoms with E-state index in [1.54, 1.807) is 23.2 Å². The van der Waals surface area contributed by atoms with Crippen LogP contribution in [0.1, 0.15) is 22.1 Å². The van der Waals surface area contributed by atoms with Crippen LogP contribution in [-0.2, 0) is 19.6 Å². The van der Waals surface area contributed by atoms with Crippen LogP contribution in [0.5, 0.6) is 0 Å². The van der Waals surface area contributed by atoms with Crippen molar-refractivity contribution in [3.63, 3.8) is 0 Å². The zero-order valence-electron chi connectivity index (χ0n) is 9.87. The van der Waals surface area contributed by atoms with Crippen LogP contribution in [0.2, 0.25) is 0 Å². The first kappa shape index (κ1) is 11.0. The van der Waals surface area contributed by atoms with E-state index in [4.69, 9.17) is 10.2 Å². The van der Waals surface area contributed by atoms with Gasteiger partial charge >= 0.3 is 0 Å². The molecule has 0 saturated heterocycles. The van der Waals surface area contributed by atoms with E-state index >= 15 is 0 Å². The van der Waals surface area contributed by atoms with Gasteiger partial charge < -0.3 is 19.6 Å². The molecule has 0 bridgehead atoms.